The molecule has 0 fully saturated rings. The molecule has 4 heteroatoms. The fraction of sp³-hybridized carbons (Fsp3) is 0.125. The van der Waals surface area contributed by atoms with Crippen molar-refractivity contribution in [2.24, 2.45) is 5.73 Å². The molecule has 0 bridgehead atoms. The van der Waals surface area contributed by atoms with E-state index in [9.17, 15) is 4.39 Å². The first-order valence-corrected chi connectivity index (χ1v) is 7.04. The summed E-state index contributed by atoms with van der Waals surface area (Å²) in [7, 11) is 0. The van der Waals surface area contributed by atoms with Crippen LogP contribution in [0.3, 0.4) is 0 Å². The third-order valence-electron chi connectivity index (χ3n) is 3.25. The van der Waals surface area contributed by atoms with Crippen LogP contribution in [0.2, 0.25) is 0 Å². The van der Waals surface area contributed by atoms with Gasteiger partial charge in [-0.2, -0.15) is 0 Å². The number of hydrogen-bond acceptors (Lipinski definition) is 2. The third-order valence-corrected chi connectivity index (χ3v) is 3.87. The minimum atomic E-state index is -0.483. The van der Waals surface area contributed by atoms with Gasteiger partial charge in [0, 0.05) is 5.39 Å². The van der Waals surface area contributed by atoms with Crippen LogP contribution in [-0.2, 0) is 0 Å². The number of fused-ring (bicyclic) bond motifs is 1. The molecular formula is C16H13BrFNO. The lowest BCUT2D eigenvalue weighted by molar-refractivity contribution is 0.522. The van der Waals surface area contributed by atoms with Gasteiger partial charge in [-0.25, -0.2) is 4.39 Å². The second-order valence-corrected chi connectivity index (χ2v) is 5.70. The van der Waals surface area contributed by atoms with E-state index in [0.29, 0.717) is 11.3 Å². The van der Waals surface area contributed by atoms with Crippen LogP contribution in [0.25, 0.3) is 11.0 Å². The van der Waals surface area contributed by atoms with Crippen molar-refractivity contribution in [3.8, 4) is 0 Å². The van der Waals surface area contributed by atoms with Crippen molar-refractivity contribution in [1.29, 1.82) is 0 Å². The molecule has 0 amide bonds. The standard InChI is InChI=1S/C16H13BrFNO/c1-9-5-11(7-12(18)6-9)15(19)14-8-10-3-2-4-13(17)16(10)20-14/h2-8,15H,19H2,1H3. The molecule has 0 aliphatic heterocycles. The van der Waals surface area contributed by atoms with Crippen molar-refractivity contribution < 1.29 is 8.81 Å². The van der Waals surface area contributed by atoms with Gasteiger partial charge in [0.1, 0.15) is 17.2 Å². The predicted molar refractivity (Wildman–Crippen MR) is 81.1 cm³/mol. The van der Waals surface area contributed by atoms with E-state index in [2.05, 4.69) is 15.9 Å². The van der Waals surface area contributed by atoms with E-state index in [1.54, 1.807) is 0 Å². The van der Waals surface area contributed by atoms with E-state index in [-0.39, 0.29) is 5.82 Å². The van der Waals surface area contributed by atoms with Gasteiger partial charge in [-0.15, -0.1) is 0 Å². The van der Waals surface area contributed by atoms with Gasteiger partial charge >= 0.3 is 0 Å². The zero-order valence-electron chi connectivity index (χ0n) is 10.9. The minimum Gasteiger partial charge on any atom is -0.458 e. The summed E-state index contributed by atoms with van der Waals surface area (Å²) in [5, 5.41) is 0.970. The minimum absolute atomic E-state index is 0.284. The van der Waals surface area contributed by atoms with Crippen LogP contribution in [0.1, 0.15) is 22.9 Å². The molecule has 20 heavy (non-hydrogen) atoms. The molecule has 0 saturated carbocycles. The number of para-hydroxylation sites is 1. The molecule has 3 aromatic rings. The Hall–Kier alpha value is -1.65. The molecule has 1 unspecified atom stereocenters. The van der Waals surface area contributed by atoms with Crippen molar-refractivity contribution in [2.75, 3.05) is 0 Å². The second-order valence-electron chi connectivity index (χ2n) is 4.85. The lowest BCUT2D eigenvalue weighted by Gasteiger charge is -2.10. The Labute approximate surface area is 124 Å². The lowest BCUT2D eigenvalue weighted by Crippen LogP contribution is -2.11. The zero-order valence-corrected chi connectivity index (χ0v) is 12.4. The lowest BCUT2D eigenvalue weighted by atomic mass is 10.0. The first kappa shape index (κ1) is 13.3. The number of nitrogens with two attached hydrogens (primary N) is 1. The topological polar surface area (TPSA) is 39.2 Å². The first-order valence-electron chi connectivity index (χ1n) is 6.25. The molecule has 2 aromatic carbocycles. The number of aryl methyl sites for hydroxylation is 1. The van der Waals surface area contributed by atoms with Crippen molar-refractivity contribution in [2.45, 2.75) is 13.0 Å². The largest absolute Gasteiger partial charge is 0.458 e. The van der Waals surface area contributed by atoms with Crippen LogP contribution in [-0.4, -0.2) is 0 Å². The number of halogens is 2. The van der Waals surface area contributed by atoms with Crippen molar-refractivity contribution in [3.63, 3.8) is 0 Å². The number of furan rings is 1. The van der Waals surface area contributed by atoms with Crippen molar-refractivity contribution >= 4 is 26.9 Å². The van der Waals surface area contributed by atoms with E-state index in [1.165, 1.54) is 12.1 Å². The maximum absolute atomic E-state index is 13.5. The zero-order chi connectivity index (χ0) is 14.3. The average Bonchev–Trinajstić information content (AvgIpc) is 2.82. The van der Waals surface area contributed by atoms with Gasteiger partial charge in [-0.1, -0.05) is 18.2 Å². The van der Waals surface area contributed by atoms with Gasteiger partial charge in [0.05, 0.1) is 10.5 Å². The van der Waals surface area contributed by atoms with E-state index >= 15 is 0 Å². The second kappa shape index (κ2) is 5.04. The molecule has 1 heterocycles. The Kier molecular flexibility index (Phi) is 3.36. The van der Waals surface area contributed by atoms with Gasteiger partial charge < -0.3 is 10.2 Å². The SMILES string of the molecule is Cc1cc(F)cc(C(N)c2cc3cccc(Br)c3o2)c1. The summed E-state index contributed by atoms with van der Waals surface area (Å²) in [6, 6.07) is 12.0. The smallest absolute Gasteiger partial charge is 0.148 e. The number of hydrogen-bond donors (Lipinski definition) is 1. The van der Waals surface area contributed by atoms with E-state index in [4.69, 9.17) is 10.2 Å². The molecule has 2 nitrogen and oxygen atoms in total. The molecule has 0 radical (unpaired) electrons. The van der Waals surface area contributed by atoms with Crippen LogP contribution in [0, 0.1) is 12.7 Å². The molecule has 1 aromatic heterocycles. The summed E-state index contributed by atoms with van der Waals surface area (Å²) in [5.74, 6) is 0.338. The van der Waals surface area contributed by atoms with Crippen LogP contribution in [0.15, 0.2) is 51.4 Å². The van der Waals surface area contributed by atoms with Crippen LogP contribution in [0.5, 0.6) is 0 Å². The first-order chi connectivity index (χ1) is 9.54. The van der Waals surface area contributed by atoms with Gasteiger partial charge in [0.25, 0.3) is 0 Å². The highest BCUT2D eigenvalue weighted by Gasteiger charge is 2.16. The van der Waals surface area contributed by atoms with Gasteiger partial charge in [-0.05, 0) is 58.2 Å². The molecule has 102 valence electrons. The maximum atomic E-state index is 13.5. The number of benzene rings is 2. The highest BCUT2D eigenvalue weighted by molar-refractivity contribution is 9.10. The predicted octanol–water partition coefficient (Wildman–Crippen LogP) is 4.69. The van der Waals surface area contributed by atoms with Gasteiger partial charge in [0.2, 0.25) is 0 Å². The van der Waals surface area contributed by atoms with E-state index in [0.717, 1.165) is 21.0 Å². The molecule has 0 saturated heterocycles. The quantitative estimate of drug-likeness (QED) is 0.738. The monoisotopic (exact) mass is 333 g/mol. The Morgan fingerprint density at radius 3 is 2.70 bits per heavy atom. The summed E-state index contributed by atoms with van der Waals surface area (Å²) in [5.41, 5.74) is 8.49. The van der Waals surface area contributed by atoms with Crippen LogP contribution >= 0.6 is 15.9 Å². The Bertz CT molecular complexity index is 761. The molecule has 1 atom stereocenters. The van der Waals surface area contributed by atoms with Crippen molar-refractivity contribution in [1.82, 2.24) is 0 Å². The van der Waals surface area contributed by atoms with Crippen LogP contribution < -0.4 is 5.73 Å². The average molecular weight is 334 g/mol. The summed E-state index contributed by atoms with van der Waals surface area (Å²) in [4.78, 5) is 0. The Morgan fingerprint density at radius 1 is 1.20 bits per heavy atom. The summed E-state index contributed by atoms with van der Waals surface area (Å²) >= 11 is 3.44. The fourth-order valence-corrected chi connectivity index (χ4v) is 2.77. The number of rotatable bonds is 2. The molecule has 0 aliphatic carbocycles. The maximum Gasteiger partial charge on any atom is 0.148 e. The highest BCUT2D eigenvalue weighted by atomic mass is 79.9. The van der Waals surface area contributed by atoms with Crippen LogP contribution in [0.4, 0.5) is 4.39 Å². The molecule has 0 aliphatic rings. The third kappa shape index (κ3) is 2.37. The molecular weight excluding hydrogens is 321 g/mol. The normalized spacial score (nSPS) is 12.8. The summed E-state index contributed by atoms with van der Waals surface area (Å²) in [6.45, 7) is 1.84. The molecule has 2 N–H and O–H groups in total. The fourth-order valence-electron chi connectivity index (χ4n) is 2.31. The van der Waals surface area contributed by atoms with E-state index < -0.39 is 6.04 Å². The Morgan fingerprint density at radius 2 is 2.00 bits per heavy atom. The van der Waals surface area contributed by atoms with Crippen molar-refractivity contribution in [3.05, 3.63) is 69.6 Å². The molecule has 3 rings (SSSR count). The van der Waals surface area contributed by atoms with Gasteiger partial charge in [-0.3, -0.25) is 0 Å². The van der Waals surface area contributed by atoms with Gasteiger partial charge in [0.15, 0.2) is 0 Å². The highest BCUT2D eigenvalue weighted by Crippen LogP contribution is 2.31. The summed E-state index contributed by atoms with van der Waals surface area (Å²) < 4.78 is 20.2. The summed E-state index contributed by atoms with van der Waals surface area (Å²) in [6.07, 6.45) is 0. The van der Waals surface area contributed by atoms with E-state index in [1.807, 2.05) is 37.3 Å². The Balaban J connectivity index is 2.07. The molecule has 0 spiro atoms.